The molecule has 4 N–H and O–H groups in total. The van der Waals surface area contributed by atoms with E-state index in [-0.39, 0.29) is 30.8 Å². The van der Waals surface area contributed by atoms with Crippen molar-refractivity contribution in [2.75, 3.05) is 13.2 Å². The van der Waals surface area contributed by atoms with Crippen LogP contribution in [0.3, 0.4) is 0 Å². The average Bonchev–Trinajstić information content (AvgIpc) is 2.84. The Bertz CT molecular complexity index is 1360. The molecule has 4 aromatic carbocycles. The maximum atomic E-state index is 12.6. The third-order valence-corrected chi connectivity index (χ3v) is 5.85. The zero-order valence-corrected chi connectivity index (χ0v) is 19.2. The van der Waals surface area contributed by atoms with Crippen molar-refractivity contribution < 1.29 is 39.5 Å². The summed E-state index contributed by atoms with van der Waals surface area (Å²) in [5.74, 6) is -3.66. The highest BCUT2D eigenvalue weighted by atomic mass is 16.5. The number of phenolic OH excluding ortho intramolecular Hbond substituents is 4. The molecule has 4 aromatic rings. The van der Waals surface area contributed by atoms with E-state index in [0.717, 1.165) is 0 Å². The first kappa shape index (κ1) is 23.7. The number of fused-ring (bicyclic) bond motifs is 2. The van der Waals surface area contributed by atoms with Crippen molar-refractivity contribution in [3.63, 3.8) is 0 Å². The number of esters is 2. The molecule has 8 nitrogen and oxygen atoms in total. The van der Waals surface area contributed by atoms with Crippen LogP contribution in [0.5, 0.6) is 23.0 Å². The summed E-state index contributed by atoms with van der Waals surface area (Å²) in [6.45, 7) is 3.27. The van der Waals surface area contributed by atoms with Crippen molar-refractivity contribution in [2.24, 2.45) is 0 Å². The molecule has 0 aliphatic carbocycles. The van der Waals surface area contributed by atoms with Gasteiger partial charge >= 0.3 is 11.9 Å². The van der Waals surface area contributed by atoms with Crippen LogP contribution in [-0.2, 0) is 15.9 Å². The van der Waals surface area contributed by atoms with Gasteiger partial charge in [-0.1, -0.05) is 48.5 Å². The van der Waals surface area contributed by atoms with Gasteiger partial charge in [0.15, 0.2) is 0 Å². The molecule has 4 rings (SSSR count). The second kappa shape index (κ2) is 9.42. The minimum atomic E-state index is -0.901. The number of benzene rings is 4. The molecule has 0 saturated heterocycles. The lowest BCUT2D eigenvalue weighted by atomic mass is 9.89. The van der Waals surface area contributed by atoms with Gasteiger partial charge in [-0.05, 0) is 24.6 Å². The maximum absolute atomic E-state index is 12.6. The number of hydrogen-bond donors (Lipinski definition) is 4. The fourth-order valence-corrected chi connectivity index (χ4v) is 4.28. The molecule has 0 aromatic heterocycles. The standard InChI is InChI=1S/C27H24O8/c1-3-34-26(32)20-22(28)16-11-7-5-9-14(16)18(24(20)30)13-19-15-10-6-8-12-17(15)23(29)21(25(19)31)27(33)35-4-2/h5-12,28-31H,3-4,13H2,1-2H3. The van der Waals surface area contributed by atoms with Gasteiger partial charge in [-0.3, -0.25) is 0 Å². The fraction of sp³-hybridized carbons (Fsp3) is 0.185. The van der Waals surface area contributed by atoms with Gasteiger partial charge in [0.25, 0.3) is 0 Å². The molecule has 35 heavy (non-hydrogen) atoms. The van der Waals surface area contributed by atoms with Crippen LogP contribution in [0.2, 0.25) is 0 Å². The van der Waals surface area contributed by atoms with E-state index in [9.17, 15) is 30.0 Å². The lowest BCUT2D eigenvalue weighted by Gasteiger charge is -2.19. The lowest BCUT2D eigenvalue weighted by molar-refractivity contribution is 0.0509. The smallest absolute Gasteiger partial charge is 0.345 e. The second-order valence-corrected chi connectivity index (χ2v) is 7.81. The van der Waals surface area contributed by atoms with Crippen LogP contribution in [0.25, 0.3) is 21.5 Å². The van der Waals surface area contributed by atoms with Crippen LogP contribution < -0.4 is 0 Å². The second-order valence-electron chi connectivity index (χ2n) is 7.81. The van der Waals surface area contributed by atoms with Gasteiger partial charge in [-0.15, -0.1) is 0 Å². The zero-order chi connectivity index (χ0) is 25.3. The van der Waals surface area contributed by atoms with Gasteiger partial charge in [0, 0.05) is 28.3 Å². The Morgan fingerprint density at radius 3 is 1.29 bits per heavy atom. The molecule has 0 unspecified atom stereocenters. The van der Waals surface area contributed by atoms with Gasteiger partial charge in [-0.2, -0.15) is 0 Å². The molecule has 0 spiro atoms. The molecule has 0 heterocycles. The molecule has 0 bridgehead atoms. The van der Waals surface area contributed by atoms with Crippen molar-refractivity contribution in [2.45, 2.75) is 20.3 Å². The van der Waals surface area contributed by atoms with Gasteiger partial charge in [0.05, 0.1) is 13.2 Å². The first-order valence-corrected chi connectivity index (χ1v) is 11.1. The summed E-state index contributed by atoms with van der Waals surface area (Å²) < 4.78 is 10.1. The van der Waals surface area contributed by atoms with Crippen LogP contribution >= 0.6 is 0 Å². The summed E-state index contributed by atoms with van der Waals surface area (Å²) in [6.07, 6.45) is -0.141. The van der Waals surface area contributed by atoms with E-state index in [4.69, 9.17) is 9.47 Å². The number of aromatic hydroxyl groups is 4. The Labute approximate surface area is 200 Å². The molecule has 0 aliphatic heterocycles. The van der Waals surface area contributed by atoms with Gasteiger partial charge < -0.3 is 29.9 Å². The average molecular weight is 476 g/mol. The van der Waals surface area contributed by atoms with Crippen LogP contribution in [0.15, 0.2) is 48.5 Å². The van der Waals surface area contributed by atoms with Crippen molar-refractivity contribution in [3.8, 4) is 23.0 Å². The quantitative estimate of drug-likeness (QED) is 0.293. The molecule has 0 amide bonds. The minimum absolute atomic E-state index is 0.0339. The van der Waals surface area contributed by atoms with Crippen molar-refractivity contribution >= 4 is 33.5 Å². The number of carbonyl (C=O) groups is 2. The third kappa shape index (κ3) is 3.93. The van der Waals surface area contributed by atoms with Crippen LogP contribution in [0, 0.1) is 0 Å². The van der Waals surface area contributed by atoms with Crippen LogP contribution in [0.1, 0.15) is 45.7 Å². The molecule has 0 aliphatic rings. The SMILES string of the molecule is CCOC(=O)c1c(O)c(Cc2c(O)c(C(=O)OCC)c(O)c3ccccc23)c2ccccc2c1O. The van der Waals surface area contributed by atoms with Crippen LogP contribution in [0.4, 0.5) is 0 Å². The van der Waals surface area contributed by atoms with Crippen molar-refractivity contribution in [1.29, 1.82) is 0 Å². The zero-order valence-electron chi connectivity index (χ0n) is 19.2. The van der Waals surface area contributed by atoms with Gasteiger partial charge in [-0.25, -0.2) is 9.59 Å². The van der Waals surface area contributed by atoms with Crippen molar-refractivity contribution in [3.05, 3.63) is 70.8 Å². The van der Waals surface area contributed by atoms with Gasteiger partial charge in [0.1, 0.15) is 34.1 Å². The van der Waals surface area contributed by atoms with E-state index in [1.807, 2.05) is 0 Å². The first-order chi connectivity index (χ1) is 16.8. The number of ether oxygens (including phenoxy) is 2. The summed E-state index contributed by atoms with van der Waals surface area (Å²) in [5.41, 5.74) is -0.340. The molecular formula is C27H24O8. The van der Waals surface area contributed by atoms with E-state index in [1.165, 1.54) is 0 Å². The van der Waals surface area contributed by atoms with E-state index in [0.29, 0.717) is 21.5 Å². The van der Waals surface area contributed by atoms with E-state index in [1.54, 1.807) is 62.4 Å². The highest BCUT2D eigenvalue weighted by molar-refractivity contribution is 6.08. The molecule has 180 valence electrons. The molecule has 0 radical (unpaired) electrons. The highest BCUT2D eigenvalue weighted by Gasteiger charge is 2.29. The van der Waals surface area contributed by atoms with E-state index >= 15 is 0 Å². The summed E-state index contributed by atoms with van der Waals surface area (Å²) in [4.78, 5) is 25.2. The predicted molar refractivity (Wildman–Crippen MR) is 129 cm³/mol. The number of carbonyl (C=O) groups excluding carboxylic acids is 2. The Morgan fingerprint density at radius 1 is 0.600 bits per heavy atom. The minimum Gasteiger partial charge on any atom is -0.507 e. The number of rotatable bonds is 6. The summed E-state index contributed by atoms with van der Waals surface area (Å²) >= 11 is 0. The van der Waals surface area contributed by atoms with Crippen LogP contribution in [-0.4, -0.2) is 45.6 Å². The Balaban J connectivity index is 2.04. The molecular weight excluding hydrogens is 452 g/mol. The molecule has 0 saturated carbocycles. The molecule has 0 fully saturated rings. The highest BCUT2D eigenvalue weighted by Crippen LogP contribution is 2.45. The Hall–Kier alpha value is -4.46. The maximum Gasteiger partial charge on any atom is 0.345 e. The van der Waals surface area contributed by atoms with E-state index < -0.39 is 46.1 Å². The largest absolute Gasteiger partial charge is 0.507 e. The molecule has 8 heteroatoms. The van der Waals surface area contributed by atoms with Gasteiger partial charge in [0.2, 0.25) is 0 Å². The summed E-state index contributed by atoms with van der Waals surface area (Å²) in [5, 5.41) is 45.2. The first-order valence-electron chi connectivity index (χ1n) is 11.1. The third-order valence-electron chi connectivity index (χ3n) is 5.85. The Kier molecular flexibility index (Phi) is 6.38. The Morgan fingerprint density at radius 2 is 0.943 bits per heavy atom. The van der Waals surface area contributed by atoms with Crippen molar-refractivity contribution in [1.82, 2.24) is 0 Å². The van der Waals surface area contributed by atoms with E-state index in [2.05, 4.69) is 0 Å². The fourth-order valence-electron chi connectivity index (χ4n) is 4.28. The monoisotopic (exact) mass is 476 g/mol. The predicted octanol–water partition coefficient (Wildman–Crippen LogP) is 4.76. The number of hydrogen-bond acceptors (Lipinski definition) is 8. The summed E-state index contributed by atoms with van der Waals surface area (Å²) in [7, 11) is 0. The summed E-state index contributed by atoms with van der Waals surface area (Å²) in [6, 6.07) is 13.2. The molecule has 0 atom stereocenters. The number of phenols is 4. The lowest BCUT2D eigenvalue weighted by Crippen LogP contribution is -2.09. The topological polar surface area (TPSA) is 134 Å². The normalized spacial score (nSPS) is 11.0.